The van der Waals surface area contributed by atoms with Crippen LogP contribution in [0, 0.1) is 0 Å². The first-order chi connectivity index (χ1) is 6.24. The van der Waals surface area contributed by atoms with E-state index in [1.807, 2.05) is 0 Å². The summed E-state index contributed by atoms with van der Waals surface area (Å²) in [5, 5.41) is 0. The van der Waals surface area contributed by atoms with Gasteiger partial charge >= 0.3 is 5.97 Å². The lowest BCUT2D eigenvalue weighted by atomic mass is 10.2. The van der Waals surface area contributed by atoms with E-state index in [0.717, 1.165) is 5.57 Å². The van der Waals surface area contributed by atoms with Gasteiger partial charge in [0.2, 0.25) is 0 Å². The molecule has 70 valence electrons. The first kappa shape index (κ1) is 9.58. The van der Waals surface area contributed by atoms with Crippen LogP contribution in [0.4, 0.5) is 0 Å². The molecule has 13 heavy (non-hydrogen) atoms. The highest BCUT2D eigenvalue weighted by atomic mass is 16.5. The summed E-state index contributed by atoms with van der Waals surface area (Å²) in [7, 11) is 0. The molecule has 0 aromatic carbocycles. The van der Waals surface area contributed by atoms with Crippen LogP contribution in [0.1, 0.15) is 19.6 Å². The second kappa shape index (κ2) is 4.50. The first-order valence-corrected chi connectivity index (χ1v) is 4.13. The molecule has 1 heterocycles. The predicted molar refractivity (Wildman–Crippen MR) is 49.0 cm³/mol. The van der Waals surface area contributed by atoms with Gasteiger partial charge in [0.15, 0.2) is 0 Å². The van der Waals surface area contributed by atoms with E-state index >= 15 is 0 Å². The lowest BCUT2D eigenvalue weighted by Gasteiger charge is -1.97. The quantitative estimate of drug-likeness (QED) is 0.529. The van der Waals surface area contributed by atoms with Crippen LogP contribution in [0.2, 0.25) is 0 Å². The van der Waals surface area contributed by atoms with Crippen molar-refractivity contribution < 1.29 is 13.9 Å². The minimum Gasteiger partial charge on any atom is -0.465 e. The van der Waals surface area contributed by atoms with E-state index in [0.29, 0.717) is 12.4 Å². The summed E-state index contributed by atoms with van der Waals surface area (Å²) in [5.41, 5.74) is 0.767. The van der Waals surface area contributed by atoms with Crippen LogP contribution in [0.5, 0.6) is 0 Å². The average molecular weight is 180 g/mol. The number of carbonyl (C=O) groups is 1. The Morgan fingerprint density at radius 3 is 3.00 bits per heavy atom. The Labute approximate surface area is 77.0 Å². The summed E-state index contributed by atoms with van der Waals surface area (Å²) in [6, 6.07) is 3.57. The molecule has 3 nitrogen and oxygen atoms in total. The molecule has 0 aliphatic heterocycles. The maximum atomic E-state index is 11.0. The van der Waals surface area contributed by atoms with Crippen LogP contribution in [0.15, 0.2) is 28.9 Å². The zero-order valence-corrected chi connectivity index (χ0v) is 7.74. The van der Waals surface area contributed by atoms with Crippen molar-refractivity contribution >= 4 is 11.5 Å². The molecular formula is C10H12O3. The van der Waals surface area contributed by atoms with E-state index in [4.69, 9.17) is 9.15 Å². The number of carbonyl (C=O) groups excluding carboxylic acids is 1. The molecule has 1 aromatic heterocycles. The highest BCUT2D eigenvalue weighted by molar-refractivity contribution is 5.90. The molecule has 0 aliphatic rings. The second-order valence-electron chi connectivity index (χ2n) is 2.56. The molecule has 0 saturated carbocycles. The zero-order chi connectivity index (χ0) is 9.68. The third-order valence-electron chi connectivity index (χ3n) is 1.53. The molecule has 0 spiro atoms. The largest absolute Gasteiger partial charge is 0.465 e. The number of ether oxygens (including phenoxy) is 1. The van der Waals surface area contributed by atoms with Crippen LogP contribution in [0.25, 0.3) is 5.57 Å². The maximum absolute atomic E-state index is 11.0. The number of esters is 1. The van der Waals surface area contributed by atoms with E-state index in [9.17, 15) is 4.79 Å². The fourth-order valence-corrected chi connectivity index (χ4v) is 0.935. The van der Waals surface area contributed by atoms with Crippen molar-refractivity contribution in [2.75, 3.05) is 6.61 Å². The molecule has 3 heteroatoms. The predicted octanol–water partition coefficient (Wildman–Crippen LogP) is 2.25. The number of allylic oxidation sites excluding steroid dienone is 1. The van der Waals surface area contributed by atoms with Crippen molar-refractivity contribution in [1.82, 2.24) is 0 Å². The van der Waals surface area contributed by atoms with Crippen LogP contribution in [0.3, 0.4) is 0 Å². The van der Waals surface area contributed by atoms with E-state index in [-0.39, 0.29) is 5.97 Å². The fourth-order valence-electron chi connectivity index (χ4n) is 0.935. The van der Waals surface area contributed by atoms with Crippen molar-refractivity contribution in [3.8, 4) is 0 Å². The molecule has 0 saturated heterocycles. The van der Waals surface area contributed by atoms with E-state index < -0.39 is 0 Å². The highest BCUT2D eigenvalue weighted by Crippen LogP contribution is 2.13. The molecule has 1 rings (SSSR count). The van der Waals surface area contributed by atoms with Gasteiger partial charge in [0.25, 0.3) is 0 Å². The molecule has 0 amide bonds. The Hall–Kier alpha value is -1.51. The van der Waals surface area contributed by atoms with Gasteiger partial charge in [-0.15, -0.1) is 0 Å². The Morgan fingerprint density at radius 1 is 1.69 bits per heavy atom. The van der Waals surface area contributed by atoms with Gasteiger partial charge < -0.3 is 9.15 Å². The van der Waals surface area contributed by atoms with Gasteiger partial charge in [-0.3, -0.25) is 0 Å². The Balaban J connectivity index is 2.67. The zero-order valence-electron chi connectivity index (χ0n) is 7.74. The lowest BCUT2D eigenvalue weighted by Crippen LogP contribution is -1.99. The van der Waals surface area contributed by atoms with Crippen LogP contribution >= 0.6 is 0 Å². The summed E-state index contributed by atoms with van der Waals surface area (Å²) < 4.78 is 9.85. The minimum atomic E-state index is -0.337. The standard InChI is InChI=1S/C10H12O3/c1-3-12-10(11)7-8(2)9-5-4-6-13-9/h4-7H,3H2,1-2H3. The Bertz CT molecular complexity index is 296. The van der Waals surface area contributed by atoms with Gasteiger partial charge in [-0.1, -0.05) is 0 Å². The molecule has 0 unspecified atom stereocenters. The van der Waals surface area contributed by atoms with Gasteiger partial charge in [-0.05, 0) is 31.6 Å². The van der Waals surface area contributed by atoms with Gasteiger partial charge in [0.05, 0.1) is 12.9 Å². The summed E-state index contributed by atoms with van der Waals surface area (Å²) in [6.45, 7) is 3.96. The number of hydrogen-bond donors (Lipinski definition) is 0. The van der Waals surface area contributed by atoms with Crippen LogP contribution in [-0.2, 0) is 9.53 Å². The lowest BCUT2D eigenvalue weighted by molar-refractivity contribution is -0.137. The van der Waals surface area contributed by atoms with Gasteiger partial charge in [0, 0.05) is 6.08 Å². The van der Waals surface area contributed by atoms with Gasteiger partial charge in [-0.25, -0.2) is 4.79 Å². The third kappa shape index (κ3) is 2.78. The average Bonchev–Trinajstić information content (AvgIpc) is 2.55. The molecule has 1 aromatic rings. The summed E-state index contributed by atoms with van der Waals surface area (Å²) in [4.78, 5) is 11.0. The van der Waals surface area contributed by atoms with Crippen LogP contribution < -0.4 is 0 Å². The summed E-state index contributed by atoms with van der Waals surface area (Å²) in [5.74, 6) is 0.351. The smallest absolute Gasteiger partial charge is 0.331 e. The first-order valence-electron chi connectivity index (χ1n) is 4.13. The number of hydrogen-bond acceptors (Lipinski definition) is 3. The molecule has 0 fully saturated rings. The number of rotatable bonds is 3. The van der Waals surface area contributed by atoms with Crippen molar-refractivity contribution in [2.24, 2.45) is 0 Å². The number of furan rings is 1. The molecule has 0 aliphatic carbocycles. The minimum absolute atomic E-state index is 0.337. The maximum Gasteiger partial charge on any atom is 0.331 e. The van der Waals surface area contributed by atoms with E-state index in [1.165, 1.54) is 6.08 Å². The van der Waals surface area contributed by atoms with Crippen LogP contribution in [-0.4, -0.2) is 12.6 Å². The normalized spacial score (nSPS) is 11.4. The SMILES string of the molecule is CCOC(=O)C=C(C)c1ccco1. The van der Waals surface area contributed by atoms with E-state index in [2.05, 4.69) is 0 Å². The Kier molecular flexibility index (Phi) is 3.31. The Morgan fingerprint density at radius 2 is 2.46 bits per heavy atom. The van der Waals surface area contributed by atoms with Gasteiger partial charge in [0.1, 0.15) is 5.76 Å². The second-order valence-corrected chi connectivity index (χ2v) is 2.56. The fraction of sp³-hybridized carbons (Fsp3) is 0.300. The van der Waals surface area contributed by atoms with E-state index in [1.54, 1.807) is 32.2 Å². The van der Waals surface area contributed by atoms with Crippen molar-refractivity contribution in [3.05, 3.63) is 30.2 Å². The molecule has 0 bridgehead atoms. The molecule has 0 atom stereocenters. The van der Waals surface area contributed by atoms with Crippen molar-refractivity contribution in [1.29, 1.82) is 0 Å². The molecule has 0 N–H and O–H groups in total. The molecular weight excluding hydrogens is 168 g/mol. The monoisotopic (exact) mass is 180 g/mol. The van der Waals surface area contributed by atoms with Crippen molar-refractivity contribution in [3.63, 3.8) is 0 Å². The summed E-state index contributed by atoms with van der Waals surface area (Å²) in [6.07, 6.45) is 2.99. The summed E-state index contributed by atoms with van der Waals surface area (Å²) >= 11 is 0. The topological polar surface area (TPSA) is 39.4 Å². The van der Waals surface area contributed by atoms with Gasteiger partial charge in [-0.2, -0.15) is 0 Å². The third-order valence-corrected chi connectivity index (χ3v) is 1.53. The molecule has 0 radical (unpaired) electrons. The highest BCUT2D eigenvalue weighted by Gasteiger charge is 2.02. The van der Waals surface area contributed by atoms with Crippen molar-refractivity contribution in [2.45, 2.75) is 13.8 Å².